The van der Waals surface area contributed by atoms with E-state index in [1.807, 2.05) is 25.1 Å². The summed E-state index contributed by atoms with van der Waals surface area (Å²) < 4.78 is 16.3. The van der Waals surface area contributed by atoms with Crippen molar-refractivity contribution < 1.29 is 19.0 Å². The lowest BCUT2D eigenvalue weighted by molar-refractivity contribution is -0.121. The standard InChI is InChI=1S/C22H27ClN2O4/c1-14(22(26)24-18-12-15(23)7-9-21(18)29-4)25-11-5-6-19(25)17-13-16(27-2)8-10-20(17)28-3/h7-10,12-14,19H,5-6,11H2,1-4H3,(H,24,26)/t14-,19-/m1/s1. The van der Waals surface area contributed by atoms with Gasteiger partial charge in [-0.3, -0.25) is 9.69 Å². The summed E-state index contributed by atoms with van der Waals surface area (Å²) in [6, 6.07) is 10.7. The van der Waals surface area contributed by atoms with E-state index in [4.69, 9.17) is 25.8 Å². The van der Waals surface area contributed by atoms with Crippen LogP contribution in [-0.2, 0) is 4.79 Å². The van der Waals surface area contributed by atoms with Crippen LogP contribution in [0.2, 0.25) is 5.02 Å². The minimum Gasteiger partial charge on any atom is -0.497 e. The van der Waals surface area contributed by atoms with Crippen LogP contribution >= 0.6 is 11.6 Å². The molecule has 0 aromatic heterocycles. The van der Waals surface area contributed by atoms with Crippen LogP contribution in [0.3, 0.4) is 0 Å². The predicted molar refractivity (Wildman–Crippen MR) is 114 cm³/mol. The van der Waals surface area contributed by atoms with Crippen LogP contribution in [0.5, 0.6) is 17.2 Å². The van der Waals surface area contributed by atoms with E-state index >= 15 is 0 Å². The van der Waals surface area contributed by atoms with Crippen molar-refractivity contribution in [3.05, 3.63) is 47.0 Å². The number of methoxy groups -OCH3 is 3. The molecule has 0 spiro atoms. The zero-order valence-electron chi connectivity index (χ0n) is 17.2. The minimum absolute atomic E-state index is 0.0713. The number of carbonyl (C=O) groups is 1. The van der Waals surface area contributed by atoms with E-state index in [0.29, 0.717) is 16.5 Å². The van der Waals surface area contributed by atoms with Gasteiger partial charge in [-0.05, 0) is 62.7 Å². The quantitative estimate of drug-likeness (QED) is 0.715. The third-order valence-electron chi connectivity index (χ3n) is 5.39. The maximum absolute atomic E-state index is 13.0. The van der Waals surface area contributed by atoms with Gasteiger partial charge in [0, 0.05) is 16.6 Å². The van der Waals surface area contributed by atoms with Crippen LogP contribution in [-0.4, -0.2) is 44.7 Å². The second-order valence-corrected chi connectivity index (χ2v) is 7.45. The van der Waals surface area contributed by atoms with Crippen LogP contribution in [0.4, 0.5) is 5.69 Å². The number of amides is 1. The number of ether oxygens (including phenoxy) is 3. The normalized spacial score (nSPS) is 17.6. The lowest BCUT2D eigenvalue weighted by atomic mass is 10.0. The number of rotatable bonds is 7. The Kier molecular flexibility index (Phi) is 6.87. The van der Waals surface area contributed by atoms with Crippen LogP contribution in [0, 0.1) is 0 Å². The van der Waals surface area contributed by atoms with Gasteiger partial charge in [-0.15, -0.1) is 0 Å². The Bertz CT molecular complexity index is 874. The number of hydrogen-bond acceptors (Lipinski definition) is 5. The fraction of sp³-hybridized carbons (Fsp3) is 0.409. The minimum atomic E-state index is -0.345. The van der Waals surface area contributed by atoms with Crippen molar-refractivity contribution >= 4 is 23.2 Å². The van der Waals surface area contributed by atoms with Gasteiger partial charge in [-0.1, -0.05) is 11.6 Å². The maximum atomic E-state index is 13.0. The number of nitrogens with one attached hydrogen (secondary N) is 1. The van der Waals surface area contributed by atoms with Gasteiger partial charge in [0.2, 0.25) is 5.91 Å². The zero-order chi connectivity index (χ0) is 21.0. The number of carbonyl (C=O) groups excluding carboxylic acids is 1. The number of hydrogen-bond donors (Lipinski definition) is 1. The molecule has 7 heteroatoms. The molecule has 2 aromatic rings. The average Bonchev–Trinajstić information content (AvgIpc) is 3.22. The van der Waals surface area contributed by atoms with Crippen molar-refractivity contribution in [2.75, 3.05) is 33.2 Å². The van der Waals surface area contributed by atoms with Crippen molar-refractivity contribution in [3.8, 4) is 17.2 Å². The summed E-state index contributed by atoms with van der Waals surface area (Å²) in [5.74, 6) is 2.03. The second kappa shape index (κ2) is 9.37. The zero-order valence-corrected chi connectivity index (χ0v) is 18.0. The Morgan fingerprint density at radius 3 is 2.52 bits per heavy atom. The predicted octanol–water partition coefficient (Wildman–Crippen LogP) is 4.53. The molecule has 0 unspecified atom stereocenters. The molecule has 2 atom stereocenters. The van der Waals surface area contributed by atoms with Gasteiger partial charge in [0.25, 0.3) is 0 Å². The van der Waals surface area contributed by atoms with Gasteiger partial charge in [0.15, 0.2) is 0 Å². The first kappa shape index (κ1) is 21.3. The first-order valence-corrected chi connectivity index (χ1v) is 9.98. The summed E-state index contributed by atoms with van der Waals surface area (Å²) in [4.78, 5) is 15.2. The van der Waals surface area contributed by atoms with E-state index in [1.165, 1.54) is 0 Å². The molecule has 2 aromatic carbocycles. The molecule has 1 heterocycles. The molecule has 29 heavy (non-hydrogen) atoms. The van der Waals surface area contributed by atoms with Gasteiger partial charge in [0.05, 0.1) is 33.1 Å². The number of likely N-dealkylation sites (tertiary alicyclic amines) is 1. The molecular weight excluding hydrogens is 392 g/mol. The molecule has 0 saturated carbocycles. The van der Waals surface area contributed by atoms with E-state index in [-0.39, 0.29) is 18.0 Å². The van der Waals surface area contributed by atoms with Gasteiger partial charge in [-0.2, -0.15) is 0 Å². The molecule has 1 N–H and O–H groups in total. The van der Waals surface area contributed by atoms with Crippen LogP contribution in [0.25, 0.3) is 0 Å². The van der Waals surface area contributed by atoms with Crippen molar-refractivity contribution in [2.24, 2.45) is 0 Å². The average molecular weight is 419 g/mol. The van der Waals surface area contributed by atoms with Crippen molar-refractivity contribution in [2.45, 2.75) is 31.8 Å². The smallest absolute Gasteiger partial charge is 0.241 e. The summed E-state index contributed by atoms with van der Waals surface area (Å²) in [6.45, 7) is 2.74. The first-order valence-electron chi connectivity index (χ1n) is 9.60. The van der Waals surface area contributed by atoms with Crippen molar-refractivity contribution in [3.63, 3.8) is 0 Å². The SMILES string of the molecule is COc1ccc(OC)c([C@H]2CCCN2[C@H](C)C(=O)Nc2cc(Cl)ccc2OC)c1. The highest BCUT2D eigenvalue weighted by Gasteiger charge is 2.35. The molecule has 0 radical (unpaired) electrons. The van der Waals surface area contributed by atoms with E-state index in [2.05, 4.69) is 10.2 Å². The van der Waals surface area contributed by atoms with Crippen molar-refractivity contribution in [1.82, 2.24) is 4.90 Å². The summed E-state index contributed by atoms with van der Waals surface area (Å²) in [7, 11) is 4.87. The first-order chi connectivity index (χ1) is 14.0. The lowest BCUT2D eigenvalue weighted by Crippen LogP contribution is -2.41. The number of anilines is 1. The summed E-state index contributed by atoms with van der Waals surface area (Å²) in [5.41, 5.74) is 1.59. The highest BCUT2D eigenvalue weighted by atomic mass is 35.5. The van der Waals surface area contributed by atoms with Crippen LogP contribution < -0.4 is 19.5 Å². The topological polar surface area (TPSA) is 60.0 Å². The fourth-order valence-electron chi connectivity index (χ4n) is 3.85. The monoisotopic (exact) mass is 418 g/mol. The fourth-order valence-corrected chi connectivity index (χ4v) is 4.02. The Balaban J connectivity index is 1.82. The summed E-state index contributed by atoms with van der Waals surface area (Å²) in [6.07, 6.45) is 1.95. The van der Waals surface area contributed by atoms with Crippen molar-refractivity contribution in [1.29, 1.82) is 0 Å². The lowest BCUT2D eigenvalue weighted by Gasteiger charge is -2.31. The maximum Gasteiger partial charge on any atom is 0.241 e. The number of benzene rings is 2. The third-order valence-corrected chi connectivity index (χ3v) is 5.62. The van der Waals surface area contributed by atoms with Gasteiger partial charge in [0.1, 0.15) is 17.2 Å². The highest BCUT2D eigenvalue weighted by molar-refractivity contribution is 6.31. The third kappa shape index (κ3) is 4.60. The van der Waals surface area contributed by atoms with E-state index in [9.17, 15) is 4.79 Å². The molecule has 1 aliphatic heterocycles. The molecule has 3 rings (SSSR count). The molecule has 1 aliphatic rings. The van der Waals surface area contributed by atoms with Crippen LogP contribution in [0.1, 0.15) is 31.4 Å². The van der Waals surface area contributed by atoms with Crippen LogP contribution in [0.15, 0.2) is 36.4 Å². The number of halogens is 1. The number of nitrogens with zero attached hydrogens (tertiary/aromatic N) is 1. The largest absolute Gasteiger partial charge is 0.497 e. The highest BCUT2D eigenvalue weighted by Crippen LogP contribution is 2.40. The van der Waals surface area contributed by atoms with E-state index < -0.39 is 0 Å². The van der Waals surface area contributed by atoms with E-state index in [0.717, 1.165) is 36.4 Å². The molecular formula is C22H27ClN2O4. The summed E-state index contributed by atoms with van der Waals surface area (Å²) >= 11 is 6.09. The Hall–Kier alpha value is -2.44. The Morgan fingerprint density at radius 1 is 1.10 bits per heavy atom. The molecule has 0 bridgehead atoms. The summed E-state index contributed by atoms with van der Waals surface area (Å²) in [5, 5.41) is 3.49. The molecule has 6 nitrogen and oxygen atoms in total. The molecule has 0 aliphatic carbocycles. The second-order valence-electron chi connectivity index (χ2n) is 7.01. The van der Waals surface area contributed by atoms with Gasteiger partial charge >= 0.3 is 0 Å². The Labute approximate surface area is 176 Å². The molecule has 1 amide bonds. The van der Waals surface area contributed by atoms with Gasteiger partial charge in [-0.25, -0.2) is 0 Å². The molecule has 156 valence electrons. The molecule has 1 saturated heterocycles. The van der Waals surface area contributed by atoms with E-state index in [1.54, 1.807) is 39.5 Å². The van der Waals surface area contributed by atoms with Gasteiger partial charge < -0.3 is 19.5 Å². The molecule has 1 fully saturated rings. The Morgan fingerprint density at radius 2 is 1.83 bits per heavy atom.